The monoisotopic (exact) mass is 283 g/mol. The molecular weight excluding hydrogens is 270 g/mol. The predicted molar refractivity (Wildman–Crippen MR) is 78.3 cm³/mol. The summed E-state index contributed by atoms with van der Waals surface area (Å²) >= 11 is 0. The third-order valence-electron chi connectivity index (χ3n) is 3.20. The van der Waals surface area contributed by atoms with Crippen LogP contribution in [-0.4, -0.2) is 26.0 Å². The molecular formula is C14H13N5O2. The lowest BCUT2D eigenvalue weighted by molar-refractivity contribution is -0.384. The molecule has 0 aliphatic heterocycles. The Morgan fingerprint density at radius 3 is 2.90 bits per heavy atom. The first kappa shape index (κ1) is 13.2. The van der Waals surface area contributed by atoms with Crippen molar-refractivity contribution in [3.8, 4) is 5.82 Å². The standard InChI is InChI=1S/C14H13N5O2/c15-6-5-13-16-7-8-18(13)14-4-1-10-9-11(19(20)21)2-3-12(10)17-14/h1-4,7-9H,5-6,15H2. The maximum atomic E-state index is 10.8. The molecule has 0 saturated heterocycles. The van der Waals surface area contributed by atoms with E-state index in [-0.39, 0.29) is 5.69 Å². The Labute approximate surface area is 120 Å². The van der Waals surface area contributed by atoms with Crippen molar-refractivity contribution in [2.45, 2.75) is 6.42 Å². The number of benzene rings is 1. The Kier molecular flexibility index (Phi) is 3.33. The second-order valence-corrected chi connectivity index (χ2v) is 4.56. The Hall–Kier alpha value is -2.80. The first-order chi connectivity index (χ1) is 10.2. The molecule has 0 spiro atoms. The third-order valence-corrected chi connectivity index (χ3v) is 3.20. The molecule has 0 aliphatic rings. The van der Waals surface area contributed by atoms with E-state index in [1.165, 1.54) is 12.1 Å². The number of hydrogen-bond acceptors (Lipinski definition) is 5. The van der Waals surface area contributed by atoms with Crippen LogP contribution in [0.25, 0.3) is 16.7 Å². The summed E-state index contributed by atoms with van der Waals surface area (Å²) in [6.07, 6.45) is 4.18. The van der Waals surface area contributed by atoms with Crippen LogP contribution >= 0.6 is 0 Å². The molecule has 0 amide bonds. The van der Waals surface area contributed by atoms with Crippen LogP contribution in [0.1, 0.15) is 5.82 Å². The van der Waals surface area contributed by atoms with E-state index < -0.39 is 4.92 Å². The maximum Gasteiger partial charge on any atom is 0.270 e. The fourth-order valence-corrected chi connectivity index (χ4v) is 2.21. The second kappa shape index (κ2) is 5.29. The molecule has 7 heteroatoms. The number of rotatable bonds is 4. The average molecular weight is 283 g/mol. The van der Waals surface area contributed by atoms with Gasteiger partial charge in [-0.1, -0.05) is 0 Å². The molecule has 2 N–H and O–H groups in total. The van der Waals surface area contributed by atoms with E-state index in [1.54, 1.807) is 12.3 Å². The van der Waals surface area contributed by atoms with Gasteiger partial charge in [0.15, 0.2) is 0 Å². The summed E-state index contributed by atoms with van der Waals surface area (Å²) in [5.74, 6) is 1.56. The number of pyridine rings is 1. The van der Waals surface area contributed by atoms with Gasteiger partial charge in [-0.15, -0.1) is 0 Å². The topological polar surface area (TPSA) is 99.9 Å². The zero-order valence-corrected chi connectivity index (χ0v) is 11.1. The number of nitrogens with zero attached hydrogens (tertiary/aromatic N) is 4. The lowest BCUT2D eigenvalue weighted by atomic mass is 10.2. The van der Waals surface area contributed by atoms with Crippen LogP contribution in [-0.2, 0) is 6.42 Å². The molecule has 0 fully saturated rings. The van der Waals surface area contributed by atoms with Crippen LogP contribution in [0.3, 0.4) is 0 Å². The molecule has 2 heterocycles. The smallest absolute Gasteiger partial charge is 0.270 e. The van der Waals surface area contributed by atoms with Crippen molar-refractivity contribution >= 4 is 16.6 Å². The van der Waals surface area contributed by atoms with E-state index in [2.05, 4.69) is 9.97 Å². The fraction of sp³-hybridized carbons (Fsp3) is 0.143. The van der Waals surface area contributed by atoms with E-state index in [0.29, 0.717) is 18.5 Å². The highest BCUT2D eigenvalue weighted by atomic mass is 16.6. The molecule has 0 saturated carbocycles. The number of aromatic nitrogens is 3. The quantitative estimate of drug-likeness (QED) is 0.581. The van der Waals surface area contributed by atoms with Gasteiger partial charge in [-0.2, -0.15) is 0 Å². The molecule has 0 unspecified atom stereocenters. The van der Waals surface area contributed by atoms with Gasteiger partial charge >= 0.3 is 0 Å². The van der Waals surface area contributed by atoms with E-state index in [4.69, 9.17) is 5.73 Å². The third kappa shape index (κ3) is 2.46. The molecule has 3 rings (SSSR count). The first-order valence-corrected chi connectivity index (χ1v) is 6.47. The van der Waals surface area contributed by atoms with Gasteiger partial charge in [0.05, 0.1) is 10.4 Å². The van der Waals surface area contributed by atoms with Crippen molar-refractivity contribution in [1.29, 1.82) is 0 Å². The molecule has 106 valence electrons. The highest BCUT2D eigenvalue weighted by molar-refractivity contribution is 5.81. The van der Waals surface area contributed by atoms with Gasteiger partial charge in [-0.25, -0.2) is 9.97 Å². The number of nitro benzene ring substituents is 1. The van der Waals surface area contributed by atoms with Crippen molar-refractivity contribution in [3.63, 3.8) is 0 Å². The number of non-ortho nitro benzene ring substituents is 1. The normalized spacial score (nSPS) is 10.9. The molecule has 2 aromatic heterocycles. The lowest BCUT2D eigenvalue weighted by Crippen LogP contribution is -2.09. The van der Waals surface area contributed by atoms with E-state index in [1.807, 2.05) is 22.9 Å². The second-order valence-electron chi connectivity index (χ2n) is 4.56. The fourth-order valence-electron chi connectivity index (χ4n) is 2.21. The molecule has 0 atom stereocenters. The summed E-state index contributed by atoms with van der Waals surface area (Å²) in [6, 6.07) is 8.25. The Bertz CT molecular complexity index is 812. The van der Waals surface area contributed by atoms with E-state index in [0.717, 1.165) is 17.0 Å². The van der Waals surface area contributed by atoms with Gasteiger partial charge in [-0.3, -0.25) is 14.7 Å². The van der Waals surface area contributed by atoms with Gasteiger partial charge < -0.3 is 5.73 Å². The molecule has 3 aromatic rings. The summed E-state index contributed by atoms with van der Waals surface area (Å²) in [7, 11) is 0. The summed E-state index contributed by atoms with van der Waals surface area (Å²) in [5, 5.41) is 11.5. The van der Waals surface area contributed by atoms with Crippen molar-refractivity contribution in [2.75, 3.05) is 6.54 Å². The van der Waals surface area contributed by atoms with Crippen molar-refractivity contribution in [1.82, 2.24) is 14.5 Å². The Morgan fingerprint density at radius 1 is 1.29 bits per heavy atom. The number of nitrogens with two attached hydrogens (primary N) is 1. The molecule has 0 radical (unpaired) electrons. The predicted octanol–water partition coefficient (Wildman–Crippen LogP) is 1.83. The van der Waals surface area contributed by atoms with E-state index in [9.17, 15) is 10.1 Å². The summed E-state index contributed by atoms with van der Waals surface area (Å²) in [6.45, 7) is 0.511. The van der Waals surface area contributed by atoms with Crippen molar-refractivity contribution < 1.29 is 4.92 Å². The minimum atomic E-state index is -0.414. The number of hydrogen-bond donors (Lipinski definition) is 1. The van der Waals surface area contributed by atoms with Crippen LogP contribution in [0.4, 0.5) is 5.69 Å². The molecule has 7 nitrogen and oxygen atoms in total. The molecule has 1 aromatic carbocycles. The zero-order chi connectivity index (χ0) is 14.8. The average Bonchev–Trinajstić information content (AvgIpc) is 2.94. The first-order valence-electron chi connectivity index (χ1n) is 6.47. The van der Waals surface area contributed by atoms with Crippen molar-refractivity contribution in [3.05, 3.63) is 58.7 Å². The summed E-state index contributed by atoms with van der Waals surface area (Å²) in [4.78, 5) is 19.1. The van der Waals surface area contributed by atoms with Gasteiger partial charge in [0.2, 0.25) is 0 Å². The molecule has 21 heavy (non-hydrogen) atoms. The summed E-state index contributed by atoms with van der Waals surface area (Å²) < 4.78 is 1.87. The number of fused-ring (bicyclic) bond motifs is 1. The Morgan fingerprint density at radius 2 is 2.14 bits per heavy atom. The van der Waals surface area contributed by atoms with Gasteiger partial charge in [0, 0.05) is 36.3 Å². The van der Waals surface area contributed by atoms with Crippen LogP contribution in [0.15, 0.2) is 42.7 Å². The van der Waals surface area contributed by atoms with Crippen LogP contribution in [0.2, 0.25) is 0 Å². The highest BCUT2D eigenvalue weighted by Crippen LogP contribution is 2.21. The molecule has 0 aliphatic carbocycles. The van der Waals surface area contributed by atoms with Crippen molar-refractivity contribution in [2.24, 2.45) is 5.73 Å². The minimum Gasteiger partial charge on any atom is -0.330 e. The summed E-state index contributed by atoms with van der Waals surface area (Å²) in [5.41, 5.74) is 6.32. The van der Waals surface area contributed by atoms with Crippen LogP contribution in [0, 0.1) is 10.1 Å². The Balaban J connectivity index is 2.07. The lowest BCUT2D eigenvalue weighted by Gasteiger charge is -2.07. The minimum absolute atomic E-state index is 0.0588. The number of imidazole rings is 1. The van der Waals surface area contributed by atoms with Gasteiger partial charge in [0.1, 0.15) is 11.6 Å². The van der Waals surface area contributed by atoms with Crippen LogP contribution < -0.4 is 5.73 Å². The number of nitro groups is 1. The largest absolute Gasteiger partial charge is 0.330 e. The van der Waals surface area contributed by atoms with E-state index >= 15 is 0 Å². The van der Waals surface area contributed by atoms with Gasteiger partial charge in [0.25, 0.3) is 5.69 Å². The maximum absolute atomic E-state index is 10.8. The van der Waals surface area contributed by atoms with Gasteiger partial charge in [-0.05, 0) is 24.7 Å². The van der Waals surface area contributed by atoms with Crippen LogP contribution in [0.5, 0.6) is 0 Å². The zero-order valence-electron chi connectivity index (χ0n) is 11.1. The highest BCUT2D eigenvalue weighted by Gasteiger charge is 2.09. The SMILES string of the molecule is NCCc1nccn1-c1ccc2cc([N+](=O)[O-])ccc2n1. The molecule has 0 bridgehead atoms.